The van der Waals surface area contributed by atoms with E-state index in [-0.39, 0.29) is 10.7 Å². The van der Waals surface area contributed by atoms with Gasteiger partial charge in [-0.05, 0) is 80.7 Å². The van der Waals surface area contributed by atoms with Crippen LogP contribution < -0.4 is 19.9 Å². The van der Waals surface area contributed by atoms with E-state index in [4.69, 9.17) is 17.0 Å². The van der Waals surface area contributed by atoms with Crippen LogP contribution in [-0.2, 0) is 9.59 Å². The third-order valence-corrected chi connectivity index (χ3v) is 6.23. The lowest BCUT2D eigenvalue weighted by Gasteiger charge is -2.30. The molecule has 0 bridgehead atoms. The van der Waals surface area contributed by atoms with E-state index in [1.165, 1.54) is 24.2 Å². The molecule has 2 aromatic carbocycles. The molecule has 2 fully saturated rings. The van der Waals surface area contributed by atoms with E-state index >= 15 is 0 Å². The summed E-state index contributed by atoms with van der Waals surface area (Å²) in [6, 6.07) is 11.7. The van der Waals surface area contributed by atoms with Crippen LogP contribution in [0.2, 0.25) is 0 Å². The summed E-state index contributed by atoms with van der Waals surface area (Å²) < 4.78 is 5.60. The minimum absolute atomic E-state index is 0.0172. The monoisotopic (exact) mass is 449 g/mol. The molecule has 2 amide bonds. The van der Waals surface area contributed by atoms with Crippen LogP contribution in [0.25, 0.3) is 6.08 Å². The molecular weight excluding hydrogens is 422 g/mol. The standard InChI is InChI=1S/C25H27N3O3S/c1-16-7-8-17(2)21(13-16)28-24(30)20(23(29)26-25(28)32)14-18-9-10-19(15-22(18)31-3)27-11-5-4-6-12-27/h7-10,13-15H,4-6,11-12H2,1-3H3,(H,26,29,32)/b20-14+. The second-order valence-electron chi connectivity index (χ2n) is 8.22. The number of methoxy groups -OCH3 is 1. The SMILES string of the molecule is COc1cc(N2CCCCC2)ccc1/C=C1\C(=O)NC(=S)N(c2cc(C)ccc2C)C1=O. The van der Waals surface area contributed by atoms with Crippen LogP contribution >= 0.6 is 12.2 Å². The van der Waals surface area contributed by atoms with E-state index in [1.807, 2.05) is 50.2 Å². The van der Waals surface area contributed by atoms with Crippen LogP contribution in [0.5, 0.6) is 5.75 Å². The maximum absolute atomic E-state index is 13.4. The third-order valence-electron chi connectivity index (χ3n) is 5.95. The van der Waals surface area contributed by atoms with Crippen molar-refractivity contribution in [1.82, 2.24) is 5.32 Å². The Morgan fingerprint density at radius 3 is 2.50 bits per heavy atom. The Labute approximate surface area is 193 Å². The summed E-state index contributed by atoms with van der Waals surface area (Å²) in [5.74, 6) is -0.342. The molecule has 0 aromatic heterocycles. The number of anilines is 2. The van der Waals surface area contributed by atoms with Crippen LogP contribution in [0.4, 0.5) is 11.4 Å². The smallest absolute Gasteiger partial charge is 0.270 e. The number of hydrogen-bond donors (Lipinski definition) is 1. The highest BCUT2D eigenvalue weighted by atomic mass is 32.1. The molecule has 2 aliphatic heterocycles. The fourth-order valence-electron chi connectivity index (χ4n) is 4.16. The molecule has 2 saturated heterocycles. The van der Waals surface area contributed by atoms with E-state index < -0.39 is 11.8 Å². The number of rotatable bonds is 4. The van der Waals surface area contributed by atoms with Gasteiger partial charge in [0.1, 0.15) is 11.3 Å². The van der Waals surface area contributed by atoms with Crippen molar-refractivity contribution in [2.45, 2.75) is 33.1 Å². The summed E-state index contributed by atoms with van der Waals surface area (Å²) in [5.41, 5.74) is 4.33. The number of thiocarbonyl (C=S) groups is 1. The molecule has 166 valence electrons. The number of nitrogens with zero attached hydrogens (tertiary/aromatic N) is 2. The van der Waals surface area contributed by atoms with Crippen molar-refractivity contribution in [3.63, 3.8) is 0 Å². The molecule has 7 heteroatoms. The zero-order chi connectivity index (χ0) is 22.8. The van der Waals surface area contributed by atoms with Gasteiger partial charge in [-0.25, -0.2) is 0 Å². The van der Waals surface area contributed by atoms with Crippen molar-refractivity contribution in [3.8, 4) is 5.75 Å². The fourth-order valence-corrected chi connectivity index (χ4v) is 4.43. The molecule has 0 spiro atoms. The Balaban J connectivity index is 1.70. The van der Waals surface area contributed by atoms with Crippen molar-refractivity contribution in [2.75, 3.05) is 30.0 Å². The van der Waals surface area contributed by atoms with E-state index in [0.29, 0.717) is 17.0 Å². The maximum Gasteiger partial charge on any atom is 0.270 e. The molecule has 1 N–H and O–H groups in total. The normalized spacial score (nSPS) is 18.2. The van der Waals surface area contributed by atoms with Crippen LogP contribution in [0, 0.1) is 13.8 Å². The number of aryl methyl sites for hydroxylation is 2. The number of nitrogens with one attached hydrogen (secondary N) is 1. The molecule has 2 aliphatic rings. The number of benzene rings is 2. The van der Waals surface area contributed by atoms with Gasteiger partial charge in [-0.2, -0.15) is 0 Å². The summed E-state index contributed by atoms with van der Waals surface area (Å²) in [6.07, 6.45) is 5.19. The van der Waals surface area contributed by atoms with Crippen LogP contribution in [0.15, 0.2) is 42.0 Å². The van der Waals surface area contributed by atoms with Gasteiger partial charge in [-0.3, -0.25) is 19.8 Å². The molecule has 2 heterocycles. The number of piperidine rings is 1. The van der Waals surface area contributed by atoms with Gasteiger partial charge in [0.15, 0.2) is 5.11 Å². The second-order valence-corrected chi connectivity index (χ2v) is 8.61. The zero-order valence-electron chi connectivity index (χ0n) is 18.6. The Kier molecular flexibility index (Phi) is 6.28. The van der Waals surface area contributed by atoms with Gasteiger partial charge >= 0.3 is 0 Å². The molecule has 0 unspecified atom stereocenters. The molecule has 32 heavy (non-hydrogen) atoms. The summed E-state index contributed by atoms with van der Waals surface area (Å²) in [7, 11) is 1.59. The molecule has 0 atom stereocenters. The average molecular weight is 450 g/mol. The topological polar surface area (TPSA) is 61.9 Å². The number of carbonyl (C=O) groups excluding carboxylic acids is 2. The van der Waals surface area contributed by atoms with E-state index in [9.17, 15) is 9.59 Å². The first-order valence-electron chi connectivity index (χ1n) is 10.8. The van der Waals surface area contributed by atoms with E-state index in [1.54, 1.807) is 13.2 Å². The van der Waals surface area contributed by atoms with Crippen molar-refractivity contribution < 1.29 is 14.3 Å². The number of carbonyl (C=O) groups is 2. The van der Waals surface area contributed by atoms with Gasteiger partial charge in [0.25, 0.3) is 11.8 Å². The Morgan fingerprint density at radius 1 is 1.03 bits per heavy atom. The summed E-state index contributed by atoms with van der Waals surface area (Å²) in [5, 5.41) is 2.74. The fraction of sp³-hybridized carbons (Fsp3) is 0.320. The van der Waals surface area contributed by atoms with Crippen molar-refractivity contribution >= 4 is 46.6 Å². The lowest BCUT2D eigenvalue weighted by molar-refractivity contribution is -0.122. The van der Waals surface area contributed by atoms with Crippen LogP contribution in [0.3, 0.4) is 0 Å². The van der Waals surface area contributed by atoms with Gasteiger partial charge in [0.05, 0.1) is 12.8 Å². The first-order valence-corrected chi connectivity index (χ1v) is 11.2. The highest BCUT2D eigenvalue weighted by Gasteiger charge is 2.35. The molecule has 4 rings (SSSR count). The molecular formula is C25H27N3O3S. The predicted octanol–water partition coefficient (Wildman–Crippen LogP) is 4.13. The van der Waals surface area contributed by atoms with E-state index in [0.717, 1.165) is 29.9 Å². The van der Waals surface area contributed by atoms with Gasteiger partial charge in [-0.15, -0.1) is 0 Å². The van der Waals surface area contributed by atoms with Gasteiger partial charge in [-0.1, -0.05) is 12.1 Å². The molecule has 2 aromatic rings. The minimum Gasteiger partial charge on any atom is -0.496 e. The summed E-state index contributed by atoms with van der Waals surface area (Å²) >= 11 is 5.34. The van der Waals surface area contributed by atoms with Gasteiger partial charge < -0.3 is 9.64 Å². The lowest BCUT2D eigenvalue weighted by Crippen LogP contribution is -2.54. The Bertz CT molecular complexity index is 1120. The van der Waals surface area contributed by atoms with Crippen LogP contribution in [-0.4, -0.2) is 37.1 Å². The average Bonchev–Trinajstić information content (AvgIpc) is 2.79. The first kappa shape index (κ1) is 22.0. The number of hydrogen-bond acceptors (Lipinski definition) is 5. The minimum atomic E-state index is -0.510. The predicted molar refractivity (Wildman–Crippen MR) is 131 cm³/mol. The molecule has 0 aliphatic carbocycles. The molecule has 0 radical (unpaired) electrons. The van der Waals surface area contributed by atoms with Gasteiger partial charge in [0, 0.05) is 30.4 Å². The maximum atomic E-state index is 13.4. The highest BCUT2D eigenvalue weighted by molar-refractivity contribution is 7.80. The molecule has 0 saturated carbocycles. The van der Waals surface area contributed by atoms with Crippen molar-refractivity contribution in [3.05, 3.63) is 58.7 Å². The third kappa shape index (κ3) is 4.25. The zero-order valence-corrected chi connectivity index (χ0v) is 19.4. The van der Waals surface area contributed by atoms with Crippen LogP contribution in [0.1, 0.15) is 36.0 Å². The van der Waals surface area contributed by atoms with Crippen molar-refractivity contribution in [2.24, 2.45) is 0 Å². The molecule has 6 nitrogen and oxygen atoms in total. The second kappa shape index (κ2) is 9.12. The van der Waals surface area contributed by atoms with E-state index in [2.05, 4.69) is 10.2 Å². The Morgan fingerprint density at radius 2 is 1.78 bits per heavy atom. The Hall–Kier alpha value is -3.19. The summed E-state index contributed by atoms with van der Waals surface area (Å²) in [6.45, 7) is 5.90. The first-order chi connectivity index (χ1) is 15.4. The lowest BCUT2D eigenvalue weighted by atomic mass is 10.0. The van der Waals surface area contributed by atoms with Crippen molar-refractivity contribution in [1.29, 1.82) is 0 Å². The highest BCUT2D eigenvalue weighted by Crippen LogP contribution is 2.31. The van der Waals surface area contributed by atoms with Gasteiger partial charge in [0.2, 0.25) is 0 Å². The number of ether oxygens (including phenoxy) is 1. The quantitative estimate of drug-likeness (QED) is 0.432. The summed E-state index contributed by atoms with van der Waals surface area (Å²) in [4.78, 5) is 29.8. The largest absolute Gasteiger partial charge is 0.496 e. The number of amides is 2.